The molecular weight excluding hydrogens is 180 g/mol. The van der Waals surface area contributed by atoms with E-state index in [2.05, 4.69) is 15.5 Å². The number of hydrogen-bond acceptors (Lipinski definition) is 4. The van der Waals surface area contributed by atoms with Crippen LogP contribution in [0.5, 0.6) is 0 Å². The molecule has 2 rings (SSSR count). The minimum Gasteiger partial charge on any atom is -0.315 e. The highest BCUT2D eigenvalue weighted by molar-refractivity contribution is 6.12. The summed E-state index contributed by atoms with van der Waals surface area (Å²) in [5.41, 5.74) is 9.43. The van der Waals surface area contributed by atoms with Crippen molar-refractivity contribution in [3.8, 4) is 0 Å². The van der Waals surface area contributed by atoms with E-state index in [0.29, 0.717) is 12.1 Å². The second-order valence-electron chi connectivity index (χ2n) is 3.05. The SMILES string of the molecule is NC1C(=O)NN=C1Cc1ccccn1. The second kappa shape index (κ2) is 3.55. The van der Waals surface area contributed by atoms with Crippen molar-refractivity contribution in [1.29, 1.82) is 0 Å². The Morgan fingerprint density at radius 1 is 1.50 bits per heavy atom. The average molecular weight is 190 g/mol. The van der Waals surface area contributed by atoms with Crippen LogP contribution in [0.2, 0.25) is 0 Å². The maximum Gasteiger partial charge on any atom is 0.262 e. The predicted octanol–water partition coefficient (Wildman–Crippen LogP) is -0.563. The van der Waals surface area contributed by atoms with Gasteiger partial charge in [0.2, 0.25) is 0 Å². The Labute approximate surface area is 81.0 Å². The summed E-state index contributed by atoms with van der Waals surface area (Å²) in [6.45, 7) is 0. The zero-order chi connectivity index (χ0) is 9.97. The van der Waals surface area contributed by atoms with Gasteiger partial charge in [-0.2, -0.15) is 5.10 Å². The van der Waals surface area contributed by atoms with Crippen LogP contribution in [0.3, 0.4) is 0 Å². The molecule has 0 aromatic carbocycles. The highest BCUT2D eigenvalue weighted by Gasteiger charge is 2.25. The Balaban J connectivity index is 2.10. The van der Waals surface area contributed by atoms with Gasteiger partial charge >= 0.3 is 0 Å². The molecule has 5 heteroatoms. The van der Waals surface area contributed by atoms with Gasteiger partial charge in [-0.05, 0) is 12.1 Å². The number of aromatic nitrogens is 1. The topological polar surface area (TPSA) is 80.4 Å². The maximum absolute atomic E-state index is 11.0. The highest BCUT2D eigenvalue weighted by atomic mass is 16.2. The van der Waals surface area contributed by atoms with E-state index in [0.717, 1.165) is 5.69 Å². The first-order valence-electron chi connectivity index (χ1n) is 4.29. The van der Waals surface area contributed by atoms with Gasteiger partial charge in [0.25, 0.3) is 5.91 Å². The third-order valence-corrected chi connectivity index (χ3v) is 2.04. The predicted molar refractivity (Wildman–Crippen MR) is 51.5 cm³/mol. The number of nitrogens with one attached hydrogen (secondary N) is 1. The van der Waals surface area contributed by atoms with Crippen molar-refractivity contribution >= 4 is 11.6 Å². The van der Waals surface area contributed by atoms with Crippen molar-refractivity contribution in [2.45, 2.75) is 12.5 Å². The van der Waals surface area contributed by atoms with Crippen molar-refractivity contribution in [2.75, 3.05) is 0 Å². The molecule has 0 radical (unpaired) electrons. The van der Waals surface area contributed by atoms with E-state index < -0.39 is 6.04 Å². The van der Waals surface area contributed by atoms with Crippen LogP contribution >= 0.6 is 0 Å². The fourth-order valence-corrected chi connectivity index (χ4v) is 1.26. The summed E-state index contributed by atoms with van der Waals surface area (Å²) in [4.78, 5) is 15.1. The summed E-state index contributed by atoms with van der Waals surface area (Å²) in [6, 6.07) is 4.97. The van der Waals surface area contributed by atoms with Crippen LogP contribution in [0.4, 0.5) is 0 Å². The van der Waals surface area contributed by atoms with Crippen molar-refractivity contribution in [3.05, 3.63) is 30.1 Å². The van der Waals surface area contributed by atoms with Crippen LogP contribution in [0.15, 0.2) is 29.5 Å². The summed E-state index contributed by atoms with van der Waals surface area (Å²) in [6.07, 6.45) is 2.21. The van der Waals surface area contributed by atoms with Crippen molar-refractivity contribution in [3.63, 3.8) is 0 Å². The third kappa shape index (κ3) is 1.62. The fourth-order valence-electron chi connectivity index (χ4n) is 1.26. The minimum absolute atomic E-state index is 0.254. The molecule has 1 atom stereocenters. The normalized spacial score (nSPS) is 20.5. The molecule has 5 nitrogen and oxygen atoms in total. The number of pyridine rings is 1. The van der Waals surface area contributed by atoms with Gasteiger partial charge in [-0.1, -0.05) is 6.07 Å². The average Bonchev–Trinajstić information content (AvgIpc) is 2.52. The molecule has 3 N–H and O–H groups in total. The van der Waals surface area contributed by atoms with Crippen LogP contribution in [-0.2, 0) is 11.2 Å². The molecule has 0 fully saturated rings. The first-order chi connectivity index (χ1) is 6.77. The summed E-state index contributed by atoms with van der Waals surface area (Å²) in [5.74, 6) is -0.254. The van der Waals surface area contributed by atoms with Gasteiger partial charge in [0.15, 0.2) is 0 Å². The molecule has 0 saturated carbocycles. The molecule has 1 unspecified atom stereocenters. The highest BCUT2D eigenvalue weighted by Crippen LogP contribution is 2.02. The first kappa shape index (κ1) is 8.83. The molecule has 1 aliphatic heterocycles. The van der Waals surface area contributed by atoms with Gasteiger partial charge in [0.05, 0.1) is 5.71 Å². The van der Waals surface area contributed by atoms with Gasteiger partial charge in [0, 0.05) is 18.3 Å². The van der Waals surface area contributed by atoms with Gasteiger partial charge in [-0.3, -0.25) is 9.78 Å². The summed E-state index contributed by atoms with van der Waals surface area (Å²) in [7, 11) is 0. The zero-order valence-corrected chi connectivity index (χ0v) is 7.47. The van der Waals surface area contributed by atoms with E-state index in [9.17, 15) is 4.79 Å². The number of carbonyl (C=O) groups is 1. The number of nitrogens with zero attached hydrogens (tertiary/aromatic N) is 2. The number of amides is 1. The third-order valence-electron chi connectivity index (χ3n) is 2.04. The van der Waals surface area contributed by atoms with E-state index in [1.54, 1.807) is 6.20 Å². The molecule has 0 saturated heterocycles. The standard InChI is InChI=1S/C9H10N4O/c10-8-7(12-13-9(8)14)5-6-3-1-2-4-11-6/h1-4,8H,5,10H2,(H,13,14). The molecule has 1 aliphatic rings. The van der Waals surface area contributed by atoms with E-state index in [1.165, 1.54) is 0 Å². The Morgan fingerprint density at radius 3 is 2.93 bits per heavy atom. The lowest BCUT2D eigenvalue weighted by atomic mass is 10.1. The first-order valence-corrected chi connectivity index (χ1v) is 4.29. The molecule has 0 aliphatic carbocycles. The Kier molecular flexibility index (Phi) is 2.24. The largest absolute Gasteiger partial charge is 0.315 e. The van der Waals surface area contributed by atoms with Crippen LogP contribution in [-0.4, -0.2) is 22.6 Å². The Bertz CT molecular complexity index is 374. The molecule has 0 spiro atoms. The van der Waals surface area contributed by atoms with E-state index in [4.69, 9.17) is 5.73 Å². The molecule has 1 aromatic rings. The van der Waals surface area contributed by atoms with Gasteiger partial charge in [0.1, 0.15) is 6.04 Å². The smallest absolute Gasteiger partial charge is 0.262 e. The number of nitrogens with two attached hydrogens (primary N) is 1. The number of hydrazone groups is 1. The van der Waals surface area contributed by atoms with Crippen LogP contribution in [0.25, 0.3) is 0 Å². The Morgan fingerprint density at radius 2 is 2.36 bits per heavy atom. The molecule has 0 bridgehead atoms. The minimum atomic E-state index is -0.628. The quantitative estimate of drug-likeness (QED) is 0.655. The lowest BCUT2D eigenvalue weighted by molar-refractivity contribution is -0.120. The molecular formula is C9H10N4O. The molecule has 14 heavy (non-hydrogen) atoms. The van der Waals surface area contributed by atoms with Crippen molar-refractivity contribution in [2.24, 2.45) is 10.8 Å². The number of rotatable bonds is 2. The monoisotopic (exact) mass is 190 g/mol. The lowest BCUT2D eigenvalue weighted by Gasteiger charge is -2.02. The van der Waals surface area contributed by atoms with Crippen LogP contribution in [0, 0.1) is 0 Å². The van der Waals surface area contributed by atoms with Crippen LogP contribution < -0.4 is 11.2 Å². The van der Waals surface area contributed by atoms with E-state index in [-0.39, 0.29) is 5.91 Å². The van der Waals surface area contributed by atoms with Crippen molar-refractivity contribution < 1.29 is 4.79 Å². The van der Waals surface area contributed by atoms with Gasteiger partial charge < -0.3 is 5.73 Å². The van der Waals surface area contributed by atoms with Crippen LogP contribution in [0.1, 0.15) is 5.69 Å². The maximum atomic E-state index is 11.0. The van der Waals surface area contributed by atoms with E-state index >= 15 is 0 Å². The fraction of sp³-hybridized carbons (Fsp3) is 0.222. The summed E-state index contributed by atoms with van der Waals surface area (Å²) in [5, 5.41) is 3.85. The Hall–Kier alpha value is -1.75. The molecule has 2 heterocycles. The lowest BCUT2D eigenvalue weighted by Crippen LogP contribution is -2.38. The molecule has 1 aromatic heterocycles. The number of carbonyl (C=O) groups excluding carboxylic acids is 1. The van der Waals surface area contributed by atoms with Crippen molar-refractivity contribution in [1.82, 2.24) is 10.4 Å². The van der Waals surface area contributed by atoms with Gasteiger partial charge in [-0.25, -0.2) is 5.43 Å². The molecule has 1 amide bonds. The van der Waals surface area contributed by atoms with E-state index in [1.807, 2.05) is 18.2 Å². The zero-order valence-electron chi connectivity index (χ0n) is 7.47. The second-order valence-corrected chi connectivity index (χ2v) is 3.05. The number of hydrogen-bond donors (Lipinski definition) is 2. The summed E-state index contributed by atoms with van der Waals surface area (Å²) >= 11 is 0. The van der Waals surface area contributed by atoms with Gasteiger partial charge in [-0.15, -0.1) is 0 Å². The summed E-state index contributed by atoms with van der Waals surface area (Å²) < 4.78 is 0. The molecule has 72 valence electrons.